The summed E-state index contributed by atoms with van der Waals surface area (Å²) in [5.74, 6) is 7.32. The number of ether oxygens (including phenoxy) is 1. The fourth-order valence-electron chi connectivity index (χ4n) is 3.13. The molecule has 0 radical (unpaired) electrons. The Kier molecular flexibility index (Phi) is 5.44. The molecule has 3 rings (SSSR count). The lowest BCUT2D eigenvalue weighted by atomic mass is 9.80. The highest BCUT2D eigenvalue weighted by Gasteiger charge is 2.28. The average Bonchev–Trinajstić information content (AvgIpc) is 2.60. The highest BCUT2D eigenvalue weighted by molar-refractivity contribution is 7.99. The zero-order valence-corrected chi connectivity index (χ0v) is 16.6. The molecule has 0 saturated heterocycles. The molecule has 0 bridgehead atoms. The van der Waals surface area contributed by atoms with Gasteiger partial charge in [-0.15, -0.1) is 11.8 Å². The van der Waals surface area contributed by atoms with Gasteiger partial charge in [-0.3, -0.25) is 0 Å². The van der Waals surface area contributed by atoms with Gasteiger partial charge in [0.2, 0.25) is 0 Å². The lowest BCUT2D eigenvalue weighted by molar-refractivity contribution is 0.0526. The van der Waals surface area contributed by atoms with Gasteiger partial charge in [0.1, 0.15) is 0 Å². The van der Waals surface area contributed by atoms with E-state index in [0.717, 1.165) is 11.3 Å². The molecule has 1 aliphatic heterocycles. The number of carbonyl (C=O) groups is 1. The Hall–Kier alpha value is -2.18. The molecule has 0 saturated carbocycles. The quantitative estimate of drug-likeness (QED) is 0.531. The molecule has 1 aliphatic rings. The van der Waals surface area contributed by atoms with Crippen molar-refractivity contribution in [3.8, 4) is 11.8 Å². The Morgan fingerprint density at radius 3 is 2.69 bits per heavy atom. The van der Waals surface area contributed by atoms with Gasteiger partial charge in [0.25, 0.3) is 0 Å². The molecule has 0 N–H and O–H groups in total. The van der Waals surface area contributed by atoms with Gasteiger partial charge < -0.3 is 4.74 Å². The average molecular weight is 365 g/mol. The first-order valence-electron chi connectivity index (χ1n) is 8.98. The molecule has 0 aliphatic carbocycles. The molecule has 26 heavy (non-hydrogen) atoms. The molecule has 2 nitrogen and oxygen atoms in total. The summed E-state index contributed by atoms with van der Waals surface area (Å²) in [5.41, 5.74) is 4.98. The molecule has 2 aromatic carbocycles. The fourth-order valence-corrected chi connectivity index (χ4v) is 4.71. The van der Waals surface area contributed by atoms with Crippen molar-refractivity contribution in [3.05, 3.63) is 64.2 Å². The molecule has 1 heterocycles. The largest absolute Gasteiger partial charge is 0.462 e. The van der Waals surface area contributed by atoms with Crippen molar-refractivity contribution in [2.75, 3.05) is 12.4 Å². The molecule has 0 amide bonds. The van der Waals surface area contributed by atoms with Crippen LogP contribution < -0.4 is 0 Å². The zero-order valence-electron chi connectivity index (χ0n) is 15.8. The lowest BCUT2D eigenvalue weighted by Crippen LogP contribution is -2.23. The fraction of sp³-hybridized carbons (Fsp3) is 0.348. The molecule has 0 unspecified atom stereocenters. The number of benzene rings is 2. The second-order valence-electron chi connectivity index (χ2n) is 7.16. The smallest absolute Gasteiger partial charge is 0.339 e. The summed E-state index contributed by atoms with van der Waals surface area (Å²) in [6, 6.07) is 11.8. The number of thioether (sulfide) groups is 1. The van der Waals surface area contributed by atoms with Crippen molar-refractivity contribution in [2.24, 2.45) is 0 Å². The van der Waals surface area contributed by atoms with Crippen molar-refractivity contribution in [2.45, 2.75) is 44.4 Å². The van der Waals surface area contributed by atoms with Crippen LogP contribution in [0.15, 0.2) is 41.3 Å². The van der Waals surface area contributed by atoms with Crippen molar-refractivity contribution in [1.29, 1.82) is 0 Å². The Morgan fingerprint density at radius 2 is 1.92 bits per heavy atom. The Balaban J connectivity index is 2.01. The van der Waals surface area contributed by atoms with E-state index in [4.69, 9.17) is 4.74 Å². The Bertz CT molecular complexity index is 900. The predicted octanol–water partition coefficient (Wildman–Crippen LogP) is 5.34. The van der Waals surface area contributed by atoms with Gasteiger partial charge in [-0.1, -0.05) is 37.8 Å². The third kappa shape index (κ3) is 3.81. The second-order valence-corrected chi connectivity index (χ2v) is 8.30. The van der Waals surface area contributed by atoms with Crippen LogP contribution in [0.25, 0.3) is 0 Å². The minimum Gasteiger partial charge on any atom is -0.462 e. The monoisotopic (exact) mass is 364 g/mol. The van der Waals surface area contributed by atoms with E-state index >= 15 is 0 Å². The van der Waals surface area contributed by atoms with Crippen molar-refractivity contribution in [1.82, 2.24) is 0 Å². The Labute approximate surface area is 160 Å². The van der Waals surface area contributed by atoms with Gasteiger partial charge in [0.15, 0.2) is 0 Å². The second kappa shape index (κ2) is 7.60. The van der Waals surface area contributed by atoms with Crippen LogP contribution in [0.1, 0.15) is 59.8 Å². The van der Waals surface area contributed by atoms with Gasteiger partial charge >= 0.3 is 5.97 Å². The summed E-state index contributed by atoms with van der Waals surface area (Å²) in [5, 5.41) is 0. The highest BCUT2D eigenvalue weighted by Crippen LogP contribution is 2.42. The van der Waals surface area contributed by atoms with Crippen LogP contribution in [0, 0.1) is 18.8 Å². The van der Waals surface area contributed by atoms with E-state index in [-0.39, 0.29) is 11.4 Å². The minimum atomic E-state index is -0.322. The van der Waals surface area contributed by atoms with Crippen LogP contribution in [-0.4, -0.2) is 18.3 Å². The van der Waals surface area contributed by atoms with Crippen LogP contribution >= 0.6 is 11.8 Å². The molecule has 134 valence electrons. The maximum atomic E-state index is 12.1. The van der Waals surface area contributed by atoms with Crippen molar-refractivity contribution < 1.29 is 9.53 Å². The molecular weight excluding hydrogens is 340 g/mol. The van der Waals surface area contributed by atoms with Gasteiger partial charge in [-0.2, -0.15) is 0 Å². The number of fused-ring (bicyclic) bond motifs is 1. The van der Waals surface area contributed by atoms with E-state index in [1.165, 1.54) is 22.4 Å². The topological polar surface area (TPSA) is 26.3 Å². The number of hydrogen-bond acceptors (Lipinski definition) is 3. The molecule has 0 aromatic heterocycles. The molecule has 2 aromatic rings. The number of aryl methyl sites for hydroxylation is 1. The standard InChI is InChI=1S/C23H24O2S/c1-5-25-22(24)19-9-7-6-8-17(19)10-11-18-15-20-21(14-16(18)2)26-13-12-23(20,3)4/h6-9,14-15H,5,12-13H2,1-4H3. The molecule has 3 heteroatoms. The predicted molar refractivity (Wildman–Crippen MR) is 108 cm³/mol. The summed E-state index contributed by atoms with van der Waals surface area (Å²) in [7, 11) is 0. The first-order chi connectivity index (χ1) is 12.4. The minimum absolute atomic E-state index is 0.174. The normalized spacial score (nSPS) is 14.8. The van der Waals surface area contributed by atoms with Gasteiger partial charge in [-0.25, -0.2) is 4.79 Å². The maximum absolute atomic E-state index is 12.1. The zero-order chi connectivity index (χ0) is 18.7. The molecular formula is C23H24O2S. The first-order valence-corrected chi connectivity index (χ1v) is 9.97. The maximum Gasteiger partial charge on any atom is 0.339 e. The SMILES string of the molecule is CCOC(=O)c1ccccc1C#Cc1cc2c(cc1C)SCCC2(C)C. The third-order valence-corrected chi connectivity index (χ3v) is 5.85. The van der Waals surface area contributed by atoms with Gasteiger partial charge in [0.05, 0.1) is 12.2 Å². The van der Waals surface area contributed by atoms with Crippen molar-refractivity contribution >= 4 is 17.7 Å². The van der Waals surface area contributed by atoms with Crippen LogP contribution in [0.3, 0.4) is 0 Å². The number of rotatable bonds is 2. The summed E-state index contributed by atoms with van der Waals surface area (Å²) in [6.07, 6.45) is 1.17. The molecule has 0 atom stereocenters. The van der Waals surface area contributed by atoms with Crippen LogP contribution in [-0.2, 0) is 10.2 Å². The number of carbonyl (C=O) groups excluding carboxylic acids is 1. The van der Waals surface area contributed by atoms with Gasteiger partial charge in [0, 0.05) is 16.0 Å². The Morgan fingerprint density at radius 1 is 1.19 bits per heavy atom. The van der Waals surface area contributed by atoms with Crippen LogP contribution in [0.4, 0.5) is 0 Å². The summed E-state index contributed by atoms with van der Waals surface area (Å²) in [6.45, 7) is 8.87. The molecule has 0 fully saturated rings. The molecule has 0 spiro atoms. The van der Waals surface area contributed by atoms with E-state index in [9.17, 15) is 4.79 Å². The van der Waals surface area contributed by atoms with E-state index in [1.54, 1.807) is 6.07 Å². The van der Waals surface area contributed by atoms with Crippen LogP contribution in [0.5, 0.6) is 0 Å². The van der Waals surface area contributed by atoms with Crippen molar-refractivity contribution in [3.63, 3.8) is 0 Å². The number of hydrogen-bond donors (Lipinski definition) is 0. The summed E-state index contributed by atoms with van der Waals surface area (Å²) in [4.78, 5) is 13.5. The lowest BCUT2D eigenvalue weighted by Gasteiger charge is -2.32. The number of esters is 1. The van der Waals surface area contributed by atoms with Gasteiger partial charge in [-0.05, 0) is 66.8 Å². The third-order valence-electron chi connectivity index (χ3n) is 4.79. The van der Waals surface area contributed by atoms with E-state index in [2.05, 4.69) is 44.7 Å². The summed E-state index contributed by atoms with van der Waals surface area (Å²) >= 11 is 1.93. The van der Waals surface area contributed by atoms with E-state index in [1.807, 2.05) is 36.9 Å². The highest BCUT2D eigenvalue weighted by atomic mass is 32.2. The summed E-state index contributed by atoms with van der Waals surface area (Å²) < 4.78 is 5.14. The first kappa shape index (κ1) is 18.6. The van der Waals surface area contributed by atoms with E-state index < -0.39 is 0 Å². The van der Waals surface area contributed by atoms with Crippen LogP contribution in [0.2, 0.25) is 0 Å². The van der Waals surface area contributed by atoms with E-state index in [0.29, 0.717) is 17.7 Å².